The molecule has 2 aromatic rings. The lowest BCUT2D eigenvalue weighted by Gasteiger charge is -2.25. The summed E-state index contributed by atoms with van der Waals surface area (Å²) in [6.07, 6.45) is 7.10. The quantitative estimate of drug-likeness (QED) is 0.563. The normalized spacial score (nSPS) is 15.8. The molecule has 1 amide bonds. The highest BCUT2D eigenvalue weighted by Gasteiger charge is 2.19. The fraction of sp³-hybridized carbons (Fsp3) is 0.500. The summed E-state index contributed by atoms with van der Waals surface area (Å²) < 4.78 is 0. The van der Waals surface area contributed by atoms with Gasteiger partial charge in [0.2, 0.25) is 5.91 Å². The Hall–Kier alpha value is -2.16. The van der Waals surface area contributed by atoms with Gasteiger partial charge < -0.3 is 10.6 Å². The van der Waals surface area contributed by atoms with E-state index in [1.54, 1.807) is 6.07 Å². The monoisotopic (exact) mass is 409 g/mol. The molecule has 29 heavy (non-hydrogen) atoms. The summed E-state index contributed by atoms with van der Waals surface area (Å²) in [5, 5.41) is 17.9. The van der Waals surface area contributed by atoms with Gasteiger partial charge in [0, 0.05) is 19.0 Å². The number of thiophene rings is 1. The molecule has 0 aliphatic heterocycles. The number of anilines is 1. The summed E-state index contributed by atoms with van der Waals surface area (Å²) in [6, 6.07) is 13.2. The summed E-state index contributed by atoms with van der Waals surface area (Å²) in [6.45, 7) is 5.02. The van der Waals surface area contributed by atoms with E-state index in [0.29, 0.717) is 29.4 Å². The minimum atomic E-state index is -0.0633. The standard InChI is InChI=1S/C24H31N3OS/c1-17(2)23(20-10-8-19(9-11-20)18-6-4-3-5-7-18)26-14-12-22(28)27-24-21(16-25)13-15-29-24/h8-11,13,15,17-18,23,26H,3-7,12,14H2,1-2H3,(H,27,28). The van der Waals surface area contributed by atoms with Crippen molar-refractivity contribution in [1.29, 1.82) is 5.26 Å². The Morgan fingerprint density at radius 3 is 2.55 bits per heavy atom. The molecular weight excluding hydrogens is 378 g/mol. The first-order valence-electron chi connectivity index (χ1n) is 10.7. The van der Waals surface area contributed by atoms with Crippen LogP contribution in [0.25, 0.3) is 0 Å². The van der Waals surface area contributed by atoms with Crippen LogP contribution in [0.1, 0.15) is 81.0 Å². The van der Waals surface area contributed by atoms with Crippen LogP contribution < -0.4 is 10.6 Å². The van der Waals surface area contributed by atoms with Gasteiger partial charge in [0.15, 0.2) is 0 Å². The van der Waals surface area contributed by atoms with Gasteiger partial charge in [0.05, 0.1) is 5.56 Å². The van der Waals surface area contributed by atoms with Gasteiger partial charge in [-0.05, 0) is 47.3 Å². The first-order valence-corrected chi connectivity index (χ1v) is 11.6. The zero-order valence-electron chi connectivity index (χ0n) is 17.4. The van der Waals surface area contributed by atoms with Crippen molar-refractivity contribution >= 4 is 22.2 Å². The van der Waals surface area contributed by atoms with Crippen molar-refractivity contribution in [3.8, 4) is 6.07 Å². The minimum absolute atomic E-state index is 0.0633. The molecule has 2 N–H and O–H groups in total. The SMILES string of the molecule is CC(C)C(NCCC(=O)Nc1sccc1C#N)c1ccc(C2CCCCC2)cc1. The molecule has 0 radical (unpaired) electrons. The largest absolute Gasteiger partial charge is 0.317 e. The highest BCUT2D eigenvalue weighted by molar-refractivity contribution is 7.14. The number of nitrogens with zero attached hydrogens (tertiary/aromatic N) is 1. The topological polar surface area (TPSA) is 64.9 Å². The molecule has 0 spiro atoms. The van der Waals surface area contributed by atoms with E-state index in [1.807, 2.05) is 5.38 Å². The van der Waals surface area contributed by atoms with Gasteiger partial charge in [-0.3, -0.25) is 4.79 Å². The zero-order chi connectivity index (χ0) is 20.6. The fourth-order valence-corrected chi connectivity index (χ4v) is 4.93. The molecule has 1 aromatic carbocycles. The van der Waals surface area contributed by atoms with Crippen LogP contribution in [0.3, 0.4) is 0 Å². The highest BCUT2D eigenvalue weighted by Crippen LogP contribution is 2.33. The smallest absolute Gasteiger partial charge is 0.226 e. The van der Waals surface area contributed by atoms with Crippen LogP contribution in [-0.4, -0.2) is 12.5 Å². The van der Waals surface area contributed by atoms with Crippen LogP contribution in [0.2, 0.25) is 0 Å². The molecule has 1 aromatic heterocycles. The van der Waals surface area contributed by atoms with Gasteiger partial charge in [0.1, 0.15) is 11.1 Å². The van der Waals surface area contributed by atoms with E-state index in [1.165, 1.54) is 54.6 Å². The second-order valence-electron chi connectivity index (χ2n) is 8.25. The average molecular weight is 410 g/mol. The van der Waals surface area contributed by atoms with Crippen molar-refractivity contribution in [2.45, 2.75) is 64.3 Å². The number of amides is 1. The predicted molar refractivity (Wildman–Crippen MR) is 120 cm³/mol. The van der Waals surface area contributed by atoms with Gasteiger partial charge in [-0.25, -0.2) is 0 Å². The van der Waals surface area contributed by atoms with E-state index in [-0.39, 0.29) is 11.9 Å². The maximum absolute atomic E-state index is 12.2. The lowest BCUT2D eigenvalue weighted by molar-refractivity contribution is -0.116. The van der Waals surface area contributed by atoms with E-state index in [2.05, 4.69) is 54.8 Å². The summed E-state index contributed by atoms with van der Waals surface area (Å²) in [5.41, 5.74) is 3.28. The Morgan fingerprint density at radius 1 is 1.17 bits per heavy atom. The molecule has 4 nitrogen and oxygen atoms in total. The molecule has 5 heteroatoms. The Balaban J connectivity index is 1.53. The van der Waals surface area contributed by atoms with Crippen LogP contribution in [0.5, 0.6) is 0 Å². The first kappa shape index (κ1) is 21.5. The second-order valence-corrected chi connectivity index (χ2v) is 9.17. The van der Waals surface area contributed by atoms with E-state index in [9.17, 15) is 4.79 Å². The molecule has 0 bridgehead atoms. The van der Waals surface area contributed by atoms with Gasteiger partial charge >= 0.3 is 0 Å². The van der Waals surface area contributed by atoms with Crippen molar-refractivity contribution in [1.82, 2.24) is 5.32 Å². The number of rotatable bonds is 8. The summed E-state index contributed by atoms with van der Waals surface area (Å²) >= 11 is 1.38. The number of carbonyl (C=O) groups excluding carboxylic acids is 1. The summed E-state index contributed by atoms with van der Waals surface area (Å²) in [7, 11) is 0. The van der Waals surface area contributed by atoms with E-state index in [0.717, 1.165) is 5.92 Å². The molecule has 1 unspecified atom stereocenters. The van der Waals surface area contributed by atoms with Crippen molar-refractivity contribution in [2.75, 3.05) is 11.9 Å². The van der Waals surface area contributed by atoms with Crippen molar-refractivity contribution in [2.24, 2.45) is 5.92 Å². The third-order valence-corrected chi connectivity index (χ3v) is 6.62. The Labute approximate surface area is 178 Å². The molecule has 0 saturated heterocycles. The van der Waals surface area contributed by atoms with E-state index < -0.39 is 0 Å². The number of nitriles is 1. The highest BCUT2D eigenvalue weighted by atomic mass is 32.1. The van der Waals surface area contributed by atoms with E-state index >= 15 is 0 Å². The molecule has 1 fully saturated rings. The van der Waals surface area contributed by atoms with Crippen LogP contribution in [-0.2, 0) is 4.79 Å². The Bertz CT molecular complexity index is 829. The zero-order valence-corrected chi connectivity index (χ0v) is 18.2. The van der Waals surface area contributed by atoms with Crippen LogP contribution in [0.15, 0.2) is 35.7 Å². The average Bonchev–Trinajstić information content (AvgIpc) is 3.19. The van der Waals surface area contributed by atoms with Gasteiger partial charge in [0.25, 0.3) is 0 Å². The second kappa shape index (κ2) is 10.6. The number of benzene rings is 1. The number of nitrogens with one attached hydrogen (secondary N) is 2. The third kappa shape index (κ3) is 5.91. The molecule has 1 atom stereocenters. The molecule has 1 heterocycles. The Morgan fingerprint density at radius 2 is 1.90 bits per heavy atom. The van der Waals surface area contributed by atoms with Crippen molar-refractivity contribution < 1.29 is 4.79 Å². The fourth-order valence-electron chi connectivity index (χ4n) is 4.17. The lowest BCUT2D eigenvalue weighted by Crippen LogP contribution is -2.29. The molecule has 3 rings (SSSR count). The van der Waals surface area contributed by atoms with Gasteiger partial charge in [-0.2, -0.15) is 5.26 Å². The number of carbonyl (C=O) groups is 1. The predicted octanol–water partition coefficient (Wildman–Crippen LogP) is 5.98. The van der Waals surface area contributed by atoms with Crippen LogP contribution >= 0.6 is 11.3 Å². The van der Waals surface area contributed by atoms with Crippen molar-refractivity contribution in [3.63, 3.8) is 0 Å². The molecular formula is C24H31N3OS. The lowest BCUT2D eigenvalue weighted by atomic mass is 9.83. The van der Waals surface area contributed by atoms with Crippen molar-refractivity contribution in [3.05, 3.63) is 52.4 Å². The van der Waals surface area contributed by atoms with Crippen LogP contribution in [0.4, 0.5) is 5.00 Å². The minimum Gasteiger partial charge on any atom is -0.317 e. The molecule has 1 aliphatic carbocycles. The van der Waals surface area contributed by atoms with E-state index in [4.69, 9.17) is 5.26 Å². The number of hydrogen-bond donors (Lipinski definition) is 2. The molecule has 154 valence electrons. The Kier molecular flexibility index (Phi) is 7.85. The molecule has 1 aliphatic rings. The summed E-state index contributed by atoms with van der Waals surface area (Å²) in [5.74, 6) is 1.09. The van der Waals surface area contributed by atoms with Crippen LogP contribution in [0, 0.1) is 17.2 Å². The maximum atomic E-state index is 12.2. The third-order valence-electron chi connectivity index (χ3n) is 5.79. The van der Waals surface area contributed by atoms with Gasteiger partial charge in [-0.1, -0.05) is 57.4 Å². The van der Waals surface area contributed by atoms with Gasteiger partial charge in [-0.15, -0.1) is 11.3 Å². The maximum Gasteiger partial charge on any atom is 0.226 e. The summed E-state index contributed by atoms with van der Waals surface area (Å²) in [4.78, 5) is 12.2. The number of hydrogen-bond acceptors (Lipinski definition) is 4. The first-order chi connectivity index (χ1) is 14.1. The molecule has 1 saturated carbocycles.